The van der Waals surface area contributed by atoms with Crippen LogP contribution in [0.5, 0.6) is 0 Å². The van der Waals surface area contributed by atoms with Crippen LogP contribution in [0.3, 0.4) is 0 Å². The lowest BCUT2D eigenvalue weighted by atomic mass is 9.78. The third-order valence-electron chi connectivity index (χ3n) is 4.12. The van der Waals surface area contributed by atoms with Crippen molar-refractivity contribution in [3.8, 4) is 0 Å². The second kappa shape index (κ2) is 7.51. The standard InChI is InChI=1S/C17H21F3/c18-12-2-1-3-13-4-6-14(7-5-13)15-8-10-16(11-9-15)17(19)20/h1,3,8-11,13-14,17H,2,4-7,12H2/t13-,14-. The number of alkyl halides is 3. The zero-order valence-electron chi connectivity index (χ0n) is 11.6. The number of benzene rings is 1. The topological polar surface area (TPSA) is 0 Å². The summed E-state index contributed by atoms with van der Waals surface area (Å²) in [6.07, 6.45) is 6.55. The summed E-state index contributed by atoms with van der Waals surface area (Å²) in [4.78, 5) is 0. The van der Waals surface area contributed by atoms with E-state index in [0.29, 0.717) is 18.3 Å². The first kappa shape index (κ1) is 15.1. The van der Waals surface area contributed by atoms with Crippen LogP contribution in [0.2, 0.25) is 0 Å². The first-order chi connectivity index (χ1) is 9.70. The predicted octanol–water partition coefficient (Wildman–Crippen LogP) is 5.81. The smallest absolute Gasteiger partial charge is 0.251 e. The third kappa shape index (κ3) is 4.12. The second-order valence-corrected chi connectivity index (χ2v) is 5.48. The number of rotatable bonds is 5. The Morgan fingerprint density at radius 1 is 1.05 bits per heavy atom. The molecule has 1 aromatic carbocycles. The van der Waals surface area contributed by atoms with Crippen molar-refractivity contribution in [1.82, 2.24) is 0 Å². The maximum Gasteiger partial charge on any atom is 0.263 e. The Kier molecular flexibility index (Phi) is 5.69. The predicted molar refractivity (Wildman–Crippen MR) is 75.8 cm³/mol. The van der Waals surface area contributed by atoms with E-state index in [1.807, 2.05) is 18.2 Å². The van der Waals surface area contributed by atoms with Crippen LogP contribution in [0.25, 0.3) is 0 Å². The highest BCUT2D eigenvalue weighted by Gasteiger charge is 2.21. The maximum atomic E-state index is 12.5. The van der Waals surface area contributed by atoms with E-state index in [9.17, 15) is 13.2 Å². The van der Waals surface area contributed by atoms with E-state index >= 15 is 0 Å². The van der Waals surface area contributed by atoms with Crippen molar-refractivity contribution in [2.75, 3.05) is 6.67 Å². The molecule has 110 valence electrons. The van der Waals surface area contributed by atoms with Crippen LogP contribution in [0.4, 0.5) is 13.2 Å². The summed E-state index contributed by atoms with van der Waals surface area (Å²) in [5.74, 6) is 1.03. The summed E-state index contributed by atoms with van der Waals surface area (Å²) in [5, 5.41) is 0. The molecule has 0 bridgehead atoms. The highest BCUT2D eigenvalue weighted by Crippen LogP contribution is 2.36. The molecule has 1 aromatic rings. The first-order valence-corrected chi connectivity index (χ1v) is 7.31. The Labute approximate surface area is 118 Å². The number of hydrogen-bond donors (Lipinski definition) is 0. The third-order valence-corrected chi connectivity index (χ3v) is 4.12. The van der Waals surface area contributed by atoms with Crippen LogP contribution in [-0.4, -0.2) is 6.67 Å². The zero-order chi connectivity index (χ0) is 14.4. The molecule has 0 heterocycles. The van der Waals surface area contributed by atoms with Gasteiger partial charge in [-0.25, -0.2) is 8.78 Å². The van der Waals surface area contributed by atoms with Crippen LogP contribution in [-0.2, 0) is 0 Å². The van der Waals surface area contributed by atoms with Gasteiger partial charge in [0.25, 0.3) is 6.43 Å². The Morgan fingerprint density at radius 3 is 2.25 bits per heavy atom. The molecule has 1 fully saturated rings. The monoisotopic (exact) mass is 282 g/mol. The van der Waals surface area contributed by atoms with Gasteiger partial charge in [-0.3, -0.25) is 4.39 Å². The minimum Gasteiger partial charge on any atom is -0.251 e. The van der Waals surface area contributed by atoms with Crippen molar-refractivity contribution in [3.05, 3.63) is 47.5 Å². The van der Waals surface area contributed by atoms with Crippen molar-refractivity contribution in [2.24, 2.45) is 5.92 Å². The molecule has 0 atom stereocenters. The molecule has 0 aliphatic heterocycles. The lowest BCUT2D eigenvalue weighted by Gasteiger charge is -2.27. The Balaban J connectivity index is 1.87. The van der Waals surface area contributed by atoms with Crippen LogP contribution in [0.1, 0.15) is 55.6 Å². The molecule has 0 amide bonds. The number of hydrogen-bond acceptors (Lipinski definition) is 0. The highest BCUT2D eigenvalue weighted by atomic mass is 19.3. The normalized spacial score (nSPS) is 23.6. The fourth-order valence-corrected chi connectivity index (χ4v) is 2.91. The van der Waals surface area contributed by atoms with E-state index in [1.165, 1.54) is 17.7 Å². The van der Waals surface area contributed by atoms with Crippen molar-refractivity contribution >= 4 is 0 Å². The molecule has 1 aliphatic rings. The van der Waals surface area contributed by atoms with E-state index in [1.54, 1.807) is 0 Å². The second-order valence-electron chi connectivity index (χ2n) is 5.48. The SMILES string of the molecule is FCCC=C[C@H]1CC[C@H](c2ccc(C(F)F)cc2)CC1. The summed E-state index contributed by atoms with van der Waals surface area (Å²) < 4.78 is 37.0. The van der Waals surface area contributed by atoms with E-state index in [-0.39, 0.29) is 12.2 Å². The average Bonchev–Trinajstić information content (AvgIpc) is 2.48. The molecule has 0 N–H and O–H groups in total. The van der Waals surface area contributed by atoms with Gasteiger partial charge in [0, 0.05) is 5.56 Å². The van der Waals surface area contributed by atoms with Crippen molar-refractivity contribution in [3.63, 3.8) is 0 Å². The van der Waals surface area contributed by atoms with Gasteiger partial charge in [-0.2, -0.15) is 0 Å². The van der Waals surface area contributed by atoms with E-state index in [4.69, 9.17) is 0 Å². The van der Waals surface area contributed by atoms with Crippen LogP contribution in [0, 0.1) is 5.92 Å². The van der Waals surface area contributed by atoms with E-state index in [2.05, 4.69) is 6.08 Å². The summed E-state index contributed by atoms with van der Waals surface area (Å²) in [6, 6.07) is 6.75. The van der Waals surface area contributed by atoms with Crippen LogP contribution < -0.4 is 0 Å². The summed E-state index contributed by atoms with van der Waals surface area (Å²) in [5.41, 5.74) is 1.26. The fraction of sp³-hybridized carbons (Fsp3) is 0.529. The quantitative estimate of drug-likeness (QED) is 0.597. The fourth-order valence-electron chi connectivity index (χ4n) is 2.91. The maximum absolute atomic E-state index is 12.5. The van der Waals surface area contributed by atoms with Gasteiger partial charge in [-0.05, 0) is 49.5 Å². The molecule has 0 spiro atoms. The van der Waals surface area contributed by atoms with Crippen molar-refractivity contribution in [1.29, 1.82) is 0 Å². The number of halogens is 3. The van der Waals surface area contributed by atoms with Gasteiger partial charge in [-0.15, -0.1) is 0 Å². The van der Waals surface area contributed by atoms with Gasteiger partial charge in [0.2, 0.25) is 0 Å². The lowest BCUT2D eigenvalue weighted by Crippen LogP contribution is -2.11. The van der Waals surface area contributed by atoms with E-state index < -0.39 is 6.43 Å². The molecular formula is C17H21F3. The molecule has 0 saturated heterocycles. The first-order valence-electron chi connectivity index (χ1n) is 7.31. The van der Waals surface area contributed by atoms with Gasteiger partial charge in [0.15, 0.2) is 0 Å². The van der Waals surface area contributed by atoms with Crippen molar-refractivity contribution < 1.29 is 13.2 Å². The average molecular weight is 282 g/mol. The molecular weight excluding hydrogens is 261 g/mol. The summed E-state index contributed by atoms with van der Waals surface area (Å²) >= 11 is 0. The van der Waals surface area contributed by atoms with Crippen LogP contribution >= 0.6 is 0 Å². The zero-order valence-corrected chi connectivity index (χ0v) is 11.6. The molecule has 0 unspecified atom stereocenters. The Hall–Kier alpha value is -1.25. The number of allylic oxidation sites excluding steroid dienone is 2. The van der Waals surface area contributed by atoms with Crippen LogP contribution in [0.15, 0.2) is 36.4 Å². The largest absolute Gasteiger partial charge is 0.263 e. The minimum absolute atomic E-state index is 0.0941. The van der Waals surface area contributed by atoms with E-state index in [0.717, 1.165) is 25.7 Å². The molecule has 3 heteroatoms. The molecule has 20 heavy (non-hydrogen) atoms. The summed E-state index contributed by atoms with van der Waals surface area (Å²) in [7, 11) is 0. The summed E-state index contributed by atoms with van der Waals surface area (Å²) in [6.45, 7) is -0.289. The van der Waals surface area contributed by atoms with Gasteiger partial charge >= 0.3 is 0 Å². The molecule has 0 nitrogen and oxygen atoms in total. The minimum atomic E-state index is -2.39. The molecule has 0 radical (unpaired) electrons. The lowest BCUT2D eigenvalue weighted by molar-refractivity contribution is 0.151. The molecule has 2 rings (SSSR count). The molecule has 0 aromatic heterocycles. The Bertz CT molecular complexity index is 414. The van der Waals surface area contributed by atoms with Gasteiger partial charge in [0.1, 0.15) is 0 Å². The Morgan fingerprint density at radius 2 is 1.70 bits per heavy atom. The molecule has 1 aliphatic carbocycles. The molecule has 1 saturated carbocycles. The van der Waals surface area contributed by atoms with Gasteiger partial charge in [0.05, 0.1) is 6.67 Å². The van der Waals surface area contributed by atoms with Crippen molar-refractivity contribution in [2.45, 2.75) is 44.4 Å². The van der Waals surface area contributed by atoms with Gasteiger partial charge in [-0.1, -0.05) is 36.4 Å². The van der Waals surface area contributed by atoms with Gasteiger partial charge < -0.3 is 0 Å². The highest BCUT2D eigenvalue weighted by molar-refractivity contribution is 5.26.